The van der Waals surface area contributed by atoms with Gasteiger partial charge in [-0.15, -0.1) is 0 Å². The highest BCUT2D eigenvalue weighted by atomic mass is 16.4. The number of rotatable bonds is 11. The molecule has 0 bridgehead atoms. The van der Waals surface area contributed by atoms with Crippen LogP contribution in [0.4, 0.5) is 4.79 Å². The van der Waals surface area contributed by atoms with Crippen molar-refractivity contribution in [3.05, 3.63) is 54.1 Å². The third-order valence-electron chi connectivity index (χ3n) is 8.50. The minimum Gasteiger partial charge on any atom is -0.481 e. The van der Waals surface area contributed by atoms with E-state index in [9.17, 15) is 19.5 Å². The van der Waals surface area contributed by atoms with Gasteiger partial charge < -0.3 is 25.6 Å². The summed E-state index contributed by atoms with van der Waals surface area (Å²) in [7, 11) is 0. The number of carboxylic acid groups (broad SMARTS) is 1. The van der Waals surface area contributed by atoms with Gasteiger partial charge in [0.2, 0.25) is 5.91 Å². The molecule has 1 aliphatic heterocycles. The lowest BCUT2D eigenvalue weighted by Crippen LogP contribution is -2.55. The number of nitrogens with zero attached hydrogens (tertiary/aromatic N) is 2. The fraction of sp³-hybridized carbons (Fsp3) is 0.586. The van der Waals surface area contributed by atoms with Crippen LogP contribution in [0.15, 0.2) is 42.9 Å². The van der Waals surface area contributed by atoms with E-state index in [1.54, 1.807) is 12.5 Å². The first-order valence-corrected chi connectivity index (χ1v) is 14.0. The molecule has 1 aliphatic carbocycles. The number of imidazole rings is 1. The Morgan fingerprint density at radius 3 is 2.50 bits per heavy atom. The smallest absolute Gasteiger partial charge is 0.315 e. The quantitative estimate of drug-likeness (QED) is 0.355. The van der Waals surface area contributed by atoms with Gasteiger partial charge in [-0.3, -0.25) is 9.59 Å². The van der Waals surface area contributed by atoms with E-state index in [1.165, 1.54) is 19.3 Å². The number of nitrogens with one attached hydrogen (secondary N) is 3. The first-order valence-electron chi connectivity index (χ1n) is 14.0. The highest BCUT2D eigenvalue weighted by molar-refractivity contribution is 5.87. The molecular formula is C29H41N5O4. The van der Waals surface area contributed by atoms with Crippen molar-refractivity contribution in [2.24, 2.45) is 11.3 Å². The van der Waals surface area contributed by atoms with Crippen LogP contribution in [0, 0.1) is 11.3 Å². The SMILES string of the molecule is O=C(O)CCC1(C2CCCCC2)CCN(C(=O)C(Cc2ccccc2)NC(=O)NCCc2cnc[nH]2)CC1. The Balaban J connectivity index is 1.39. The zero-order valence-electron chi connectivity index (χ0n) is 22.2. The van der Waals surface area contributed by atoms with Crippen molar-refractivity contribution >= 4 is 17.9 Å². The number of carbonyl (C=O) groups excluding carboxylic acids is 2. The molecule has 3 amide bonds. The van der Waals surface area contributed by atoms with E-state index in [0.29, 0.717) is 44.8 Å². The van der Waals surface area contributed by atoms with Crippen molar-refractivity contribution in [1.29, 1.82) is 0 Å². The predicted molar refractivity (Wildman–Crippen MR) is 144 cm³/mol. The van der Waals surface area contributed by atoms with E-state index in [4.69, 9.17) is 0 Å². The maximum absolute atomic E-state index is 13.7. The third kappa shape index (κ3) is 7.58. The number of aromatic nitrogens is 2. The van der Waals surface area contributed by atoms with Crippen LogP contribution in [-0.2, 0) is 22.4 Å². The highest BCUT2D eigenvalue weighted by Gasteiger charge is 2.43. The standard InChI is InChI=1S/C29H41N5O4/c35-26(36)11-13-29(23-9-5-2-6-10-23)14-17-34(18-15-29)27(37)25(19-22-7-3-1-4-8-22)33-28(38)31-16-12-24-20-30-21-32-24/h1,3-4,7-8,20-21,23,25H,2,5-6,9-19H2,(H,30,32)(H,35,36)(H2,31,33,38). The number of likely N-dealkylation sites (tertiary alicyclic amines) is 1. The molecule has 9 nitrogen and oxygen atoms in total. The number of carbonyl (C=O) groups is 3. The maximum Gasteiger partial charge on any atom is 0.315 e. The van der Waals surface area contributed by atoms with Crippen LogP contribution >= 0.6 is 0 Å². The number of aliphatic carboxylic acids is 1. The topological polar surface area (TPSA) is 127 Å². The van der Waals surface area contributed by atoms with Gasteiger partial charge in [0.25, 0.3) is 0 Å². The summed E-state index contributed by atoms with van der Waals surface area (Å²) in [4.78, 5) is 46.8. The summed E-state index contributed by atoms with van der Waals surface area (Å²) in [6.07, 6.45) is 12.9. The molecule has 0 radical (unpaired) electrons. The largest absolute Gasteiger partial charge is 0.481 e. The molecule has 1 unspecified atom stereocenters. The van der Waals surface area contributed by atoms with E-state index in [-0.39, 0.29) is 23.8 Å². The summed E-state index contributed by atoms with van der Waals surface area (Å²) in [6, 6.07) is 8.69. The molecule has 4 rings (SSSR count). The number of piperidine rings is 1. The van der Waals surface area contributed by atoms with Crippen molar-refractivity contribution in [2.45, 2.75) is 76.7 Å². The molecular weight excluding hydrogens is 482 g/mol. The number of hydrogen-bond acceptors (Lipinski definition) is 4. The van der Waals surface area contributed by atoms with Crippen LogP contribution < -0.4 is 10.6 Å². The minimum atomic E-state index is -0.746. The molecule has 2 aromatic rings. The lowest BCUT2D eigenvalue weighted by atomic mass is 9.61. The van der Waals surface area contributed by atoms with Gasteiger partial charge in [-0.1, -0.05) is 49.6 Å². The third-order valence-corrected chi connectivity index (χ3v) is 8.50. The van der Waals surface area contributed by atoms with Crippen molar-refractivity contribution in [1.82, 2.24) is 25.5 Å². The molecule has 2 heterocycles. The Hall–Kier alpha value is -3.36. The second kappa shape index (κ2) is 13.4. The van der Waals surface area contributed by atoms with Crippen molar-refractivity contribution in [2.75, 3.05) is 19.6 Å². The number of H-pyrrole nitrogens is 1. The van der Waals surface area contributed by atoms with Crippen molar-refractivity contribution in [3.63, 3.8) is 0 Å². The number of aromatic amines is 1. The van der Waals surface area contributed by atoms with Crippen LogP contribution in [0.1, 0.15) is 69.0 Å². The fourth-order valence-electron chi connectivity index (χ4n) is 6.32. The Morgan fingerprint density at radius 2 is 1.84 bits per heavy atom. The Bertz CT molecular complexity index is 1030. The molecule has 4 N–H and O–H groups in total. The van der Waals surface area contributed by atoms with Gasteiger partial charge in [-0.25, -0.2) is 9.78 Å². The molecule has 2 fully saturated rings. The summed E-state index contributed by atoms with van der Waals surface area (Å²) in [5, 5.41) is 15.2. The van der Waals surface area contributed by atoms with Gasteiger partial charge in [0.05, 0.1) is 6.33 Å². The van der Waals surface area contributed by atoms with Crippen LogP contribution in [0.25, 0.3) is 0 Å². The summed E-state index contributed by atoms with van der Waals surface area (Å²) in [6.45, 7) is 1.63. The van der Waals surface area contributed by atoms with Gasteiger partial charge in [0.1, 0.15) is 6.04 Å². The molecule has 206 valence electrons. The number of benzene rings is 1. The summed E-state index contributed by atoms with van der Waals surface area (Å²) < 4.78 is 0. The zero-order chi connectivity index (χ0) is 26.8. The average molecular weight is 524 g/mol. The van der Waals surface area contributed by atoms with Crippen LogP contribution in [-0.4, -0.2) is 63.6 Å². The van der Waals surface area contributed by atoms with Gasteiger partial charge in [-0.05, 0) is 49.0 Å². The molecule has 2 aliphatic rings. The summed E-state index contributed by atoms with van der Waals surface area (Å²) >= 11 is 0. The Labute approximate surface area is 224 Å². The van der Waals surface area contributed by atoms with Crippen LogP contribution in [0.2, 0.25) is 0 Å². The Morgan fingerprint density at radius 1 is 1.11 bits per heavy atom. The lowest BCUT2D eigenvalue weighted by Gasteiger charge is -2.48. The van der Waals surface area contributed by atoms with Crippen molar-refractivity contribution < 1.29 is 19.5 Å². The monoisotopic (exact) mass is 523 g/mol. The highest BCUT2D eigenvalue weighted by Crippen LogP contribution is 2.49. The normalized spacial score (nSPS) is 18.5. The summed E-state index contributed by atoms with van der Waals surface area (Å²) in [5.41, 5.74) is 1.90. The van der Waals surface area contributed by atoms with E-state index >= 15 is 0 Å². The molecule has 0 spiro atoms. The molecule has 1 aromatic heterocycles. The molecule has 1 atom stereocenters. The minimum absolute atomic E-state index is 0.0119. The predicted octanol–water partition coefficient (Wildman–Crippen LogP) is 3.92. The first kappa shape index (κ1) is 27.7. The van der Waals surface area contributed by atoms with Gasteiger partial charge >= 0.3 is 12.0 Å². The average Bonchev–Trinajstić information content (AvgIpc) is 3.46. The molecule has 1 saturated carbocycles. The number of urea groups is 1. The second-order valence-electron chi connectivity index (χ2n) is 10.9. The molecule has 9 heteroatoms. The second-order valence-corrected chi connectivity index (χ2v) is 10.9. The fourth-order valence-corrected chi connectivity index (χ4v) is 6.32. The Kier molecular flexibility index (Phi) is 9.79. The molecule has 1 aromatic carbocycles. The van der Waals surface area contributed by atoms with E-state index in [2.05, 4.69) is 20.6 Å². The first-order chi connectivity index (χ1) is 18.4. The zero-order valence-corrected chi connectivity index (χ0v) is 22.2. The van der Waals surface area contributed by atoms with Gasteiger partial charge in [-0.2, -0.15) is 0 Å². The van der Waals surface area contributed by atoms with E-state index in [1.807, 2.05) is 35.2 Å². The van der Waals surface area contributed by atoms with Gasteiger partial charge in [0, 0.05) is 50.8 Å². The van der Waals surface area contributed by atoms with E-state index in [0.717, 1.165) is 36.9 Å². The lowest BCUT2D eigenvalue weighted by molar-refractivity contribution is -0.140. The maximum atomic E-state index is 13.7. The van der Waals surface area contributed by atoms with Crippen LogP contribution in [0.5, 0.6) is 0 Å². The molecule has 38 heavy (non-hydrogen) atoms. The van der Waals surface area contributed by atoms with Crippen LogP contribution in [0.3, 0.4) is 0 Å². The number of carboxylic acids is 1. The number of amides is 3. The molecule has 1 saturated heterocycles. The van der Waals surface area contributed by atoms with Crippen molar-refractivity contribution in [3.8, 4) is 0 Å². The summed E-state index contributed by atoms with van der Waals surface area (Å²) in [5.74, 6) is -0.288. The number of hydrogen-bond donors (Lipinski definition) is 4. The van der Waals surface area contributed by atoms with E-state index < -0.39 is 12.0 Å². The van der Waals surface area contributed by atoms with Gasteiger partial charge in [0.15, 0.2) is 0 Å².